The summed E-state index contributed by atoms with van der Waals surface area (Å²) in [7, 11) is 3.78. The van der Waals surface area contributed by atoms with E-state index in [1.165, 1.54) is 30.6 Å². The van der Waals surface area contributed by atoms with Crippen molar-refractivity contribution in [3.05, 3.63) is 48.3 Å². The first-order valence-corrected chi connectivity index (χ1v) is 9.68. The van der Waals surface area contributed by atoms with Gasteiger partial charge in [0.15, 0.2) is 5.96 Å². The van der Waals surface area contributed by atoms with Gasteiger partial charge in [-0.3, -0.25) is 9.67 Å². The molecule has 0 unspecified atom stereocenters. The maximum absolute atomic E-state index is 4.37. The fraction of sp³-hybridized carbons (Fsp3) is 0.474. The zero-order valence-electron chi connectivity index (χ0n) is 15.0. The van der Waals surface area contributed by atoms with Crippen molar-refractivity contribution in [3.8, 4) is 0 Å². The molecule has 0 bridgehead atoms. The van der Waals surface area contributed by atoms with E-state index < -0.39 is 0 Å². The lowest BCUT2D eigenvalue weighted by Crippen LogP contribution is -2.44. The van der Waals surface area contributed by atoms with E-state index in [-0.39, 0.29) is 4.75 Å². The van der Waals surface area contributed by atoms with Crippen LogP contribution < -0.4 is 10.6 Å². The summed E-state index contributed by atoms with van der Waals surface area (Å²) in [5, 5.41) is 11.1. The second kappa shape index (κ2) is 8.43. The van der Waals surface area contributed by atoms with Gasteiger partial charge in [-0.05, 0) is 31.0 Å². The first-order valence-electron chi connectivity index (χ1n) is 8.86. The maximum Gasteiger partial charge on any atom is 0.191 e. The highest BCUT2D eigenvalue weighted by Crippen LogP contribution is 2.44. The number of guanidine groups is 1. The Morgan fingerprint density at radius 3 is 2.60 bits per heavy atom. The molecule has 0 radical (unpaired) electrons. The van der Waals surface area contributed by atoms with Gasteiger partial charge in [-0.25, -0.2) is 0 Å². The van der Waals surface area contributed by atoms with E-state index in [0.717, 1.165) is 24.7 Å². The van der Waals surface area contributed by atoms with Gasteiger partial charge in [-0.2, -0.15) is 5.10 Å². The number of hydrogen-bond acceptors (Lipinski definition) is 3. The van der Waals surface area contributed by atoms with Crippen molar-refractivity contribution in [1.29, 1.82) is 0 Å². The van der Waals surface area contributed by atoms with Gasteiger partial charge in [0.25, 0.3) is 0 Å². The Kier molecular flexibility index (Phi) is 6.02. The normalized spacial score (nSPS) is 16.8. The number of aromatic nitrogens is 2. The van der Waals surface area contributed by atoms with Crippen LogP contribution in [0.4, 0.5) is 0 Å². The number of rotatable bonds is 6. The van der Waals surface area contributed by atoms with E-state index in [9.17, 15) is 0 Å². The van der Waals surface area contributed by atoms with Crippen molar-refractivity contribution in [3.63, 3.8) is 0 Å². The zero-order chi connectivity index (χ0) is 17.5. The van der Waals surface area contributed by atoms with Crippen LogP contribution in [-0.4, -0.2) is 34.1 Å². The average Bonchev–Trinajstić information content (AvgIpc) is 3.26. The minimum Gasteiger partial charge on any atom is -0.355 e. The molecule has 2 aromatic rings. The molecule has 1 fully saturated rings. The van der Waals surface area contributed by atoms with Gasteiger partial charge in [0.05, 0.1) is 12.2 Å². The monoisotopic (exact) mass is 357 g/mol. The van der Waals surface area contributed by atoms with Crippen molar-refractivity contribution in [1.82, 2.24) is 20.4 Å². The van der Waals surface area contributed by atoms with Crippen LogP contribution in [0.3, 0.4) is 0 Å². The summed E-state index contributed by atoms with van der Waals surface area (Å²) in [4.78, 5) is 5.72. The lowest BCUT2D eigenvalue weighted by molar-refractivity contribution is 0.580. The molecule has 1 aliphatic carbocycles. The molecule has 1 heterocycles. The van der Waals surface area contributed by atoms with Crippen LogP contribution in [-0.2, 0) is 13.6 Å². The van der Waals surface area contributed by atoms with Crippen molar-refractivity contribution in [2.75, 3.05) is 13.6 Å². The molecule has 2 N–H and O–H groups in total. The topological polar surface area (TPSA) is 54.2 Å². The highest BCUT2D eigenvalue weighted by molar-refractivity contribution is 8.00. The molecule has 0 amide bonds. The smallest absolute Gasteiger partial charge is 0.191 e. The molecule has 25 heavy (non-hydrogen) atoms. The van der Waals surface area contributed by atoms with Crippen LogP contribution in [0.5, 0.6) is 0 Å². The van der Waals surface area contributed by atoms with Crippen LogP contribution in [0.15, 0.2) is 52.5 Å². The van der Waals surface area contributed by atoms with Gasteiger partial charge in [0.1, 0.15) is 0 Å². The van der Waals surface area contributed by atoms with Crippen LogP contribution in [0, 0.1) is 0 Å². The van der Waals surface area contributed by atoms with Gasteiger partial charge in [-0.1, -0.05) is 31.0 Å². The Morgan fingerprint density at radius 1 is 1.20 bits per heavy atom. The molecule has 0 spiro atoms. The van der Waals surface area contributed by atoms with Gasteiger partial charge in [0, 0.05) is 36.5 Å². The molecule has 1 aromatic heterocycles. The molecular formula is C19H27N5S. The van der Waals surface area contributed by atoms with E-state index in [0.29, 0.717) is 0 Å². The largest absolute Gasteiger partial charge is 0.355 e. The molecular weight excluding hydrogens is 330 g/mol. The zero-order valence-corrected chi connectivity index (χ0v) is 15.9. The molecule has 1 saturated carbocycles. The van der Waals surface area contributed by atoms with E-state index in [4.69, 9.17) is 0 Å². The number of aliphatic imine (C=N–C) groups is 1. The SMILES string of the molecule is CN=C(NCc1ccnn1C)NCC1(Sc2ccccc2)CCCC1. The summed E-state index contributed by atoms with van der Waals surface area (Å²) in [6.07, 6.45) is 6.93. The number of thioether (sulfide) groups is 1. The summed E-state index contributed by atoms with van der Waals surface area (Å²) in [6.45, 7) is 1.65. The Hall–Kier alpha value is -1.95. The minimum absolute atomic E-state index is 0.255. The maximum atomic E-state index is 4.37. The molecule has 0 saturated heterocycles. The Labute approximate surface area is 154 Å². The van der Waals surface area contributed by atoms with Gasteiger partial charge < -0.3 is 10.6 Å². The van der Waals surface area contributed by atoms with Crippen LogP contribution >= 0.6 is 11.8 Å². The summed E-state index contributed by atoms with van der Waals surface area (Å²) in [5.74, 6) is 0.848. The number of hydrogen-bond donors (Lipinski definition) is 2. The first kappa shape index (κ1) is 17.9. The minimum atomic E-state index is 0.255. The van der Waals surface area contributed by atoms with E-state index in [1.807, 2.05) is 42.8 Å². The van der Waals surface area contributed by atoms with Crippen molar-refractivity contribution >= 4 is 17.7 Å². The molecule has 5 nitrogen and oxygen atoms in total. The second-order valence-electron chi connectivity index (χ2n) is 6.53. The van der Waals surface area contributed by atoms with E-state index in [1.54, 1.807) is 0 Å². The van der Waals surface area contributed by atoms with Crippen LogP contribution in [0.1, 0.15) is 31.4 Å². The predicted molar refractivity (Wildman–Crippen MR) is 105 cm³/mol. The third-order valence-corrected chi connectivity index (χ3v) is 6.25. The summed E-state index contributed by atoms with van der Waals surface area (Å²) in [5.41, 5.74) is 1.14. The third-order valence-electron chi connectivity index (χ3n) is 4.75. The highest BCUT2D eigenvalue weighted by Gasteiger charge is 2.35. The Morgan fingerprint density at radius 2 is 1.96 bits per heavy atom. The summed E-state index contributed by atoms with van der Waals surface area (Å²) >= 11 is 2.01. The predicted octanol–water partition coefficient (Wildman–Crippen LogP) is 3.19. The molecule has 1 aliphatic rings. The average molecular weight is 358 g/mol. The van der Waals surface area contributed by atoms with Gasteiger partial charge in [-0.15, -0.1) is 11.8 Å². The number of benzene rings is 1. The van der Waals surface area contributed by atoms with Gasteiger partial charge in [0.2, 0.25) is 0 Å². The fourth-order valence-corrected chi connectivity index (χ4v) is 4.72. The Balaban J connectivity index is 1.57. The van der Waals surface area contributed by atoms with Crippen LogP contribution in [0.25, 0.3) is 0 Å². The molecule has 6 heteroatoms. The summed E-state index contributed by atoms with van der Waals surface area (Å²) < 4.78 is 2.13. The standard InChI is InChI=1S/C19H27N5S/c1-20-18(21-14-16-10-13-23-24(16)2)22-15-19(11-6-7-12-19)25-17-8-4-3-5-9-17/h3-5,8-10,13H,6-7,11-12,14-15H2,1-2H3,(H2,20,21,22). The first-order chi connectivity index (χ1) is 12.2. The number of nitrogens with zero attached hydrogens (tertiary/aromatic N) is 3. The molecule has 3 rings (SSSR count). The molecule has 1 aromatic carbocycles. The number of aryl methyl sites for hydroxylation is 1. The van der Waals surface area contributed by atoms with Crippen molar-refractivity contribution < 1.29 is 0 Å². The Bertz CT molecular complexity index is 689. The highest BCUT2D eigenvalue weighted by atomic mass is 32.2. The van der Waals surface area contributed by atoms with Gasteiger partial charge >= 0.3 is 0 Å². The number of nitrogens with one attached hydrogen (secondary N) is 2. The summed E-state index contributed by atoms with van der Waals surface area (Å²) in [6, 6.07) is 12.7. The molecule has 0 atom stereocenters. The molecule has 0 aliphatic heterocycles. The third kappa shape index (κ3) is 4.78. The van der Waals surface area contributed by atoms with Crippen molar-refractivity contribution in [2.45, 2.75) is 41.9 Å². The van der Waals surface area contributed by atoms with E-state index in [2.05, 4.69) is 51.1 Å². The molecule has 134 valence electrons. The quantitative estimate of drug-likeness (QED) is 0.616. The fourth-order valence-electron chi connectivity index (χ4n) is 3.29. The second-order valence-corrected chi connectivity index (χ2v) is 8.07. The lowest BCUT2D eigenvalue weighted by atomic mass is 10.1. The van der Waals surface area contributed by atoms with Crippen LogP contribution in [0.2, 0.25) is 0 Å². The van der Waals surface area contributed by atoms with E-state index >= 15 is 0 Å². The lowest BCUT2D eigenvalue weighted by Gasteiger charge is -2.29. The van der Waals surface area contributed by atoms with Crippen molar-refractivity contribution in [2.24, 2.45) is 12.0 Å².